The Kier molecular flexibility index (Phi) is 1.76. The van der Waals surface area contributed by atoms with E-state index >= 15 is 0 Å². The molecular weight excluding hydrogens is 157 g/mol. The summed E-state index contributed by atoms with van der Waals surface area (Å²) in [7, 11) is 0. The molecule has 0 saturated heterocycles. The monoisotopic (exact) mass is 161 g/mol. The van der Waals surface area contributed by atoms with Gasteiger partial charge in [-0.15, -0.1) is 0 Å². The van der Waals surface area contributed by atoms with Crippen molar-refractivity contribution in [3.05, 3.63) is 33.0 Å². The van der Waals surface area contributed by atoms with Crippen molar-refractivity contribution in [3.8, 4) is 0 Å². The summed E-state index contributed by atoms with van der Waals surface area (Å²) < 4.78 is 12.5. The van der Waals surface area contributed by atoms with E-state index in [1.54, 1.807) is 0 Å². The summed E-state index contributed by atoms with van der Waals surface area (Å²) in [6, 6.07) is 1.00. The van der Waals surface area contributed by atoms with E-state index in [1.807, 2.05) is 0 Å². The topological polar surface area (TPSA) is 32.9 Å². The molecule has 0 spiro atoms. The van der Waals surface area contributed by atoms with Crippen LogP contribution in [0.1, 0.15) is 5.69 Å². The Hall–Kier alpha value is -0.830. The smallest absolute Gasteiger partial charge is 0.218 e. The van der Waals surface area contributed by atoms with Crippen LogP contribution in [-0.4, -0.2) is 4.98 Å². The average molecular weight is 162 g/mol. The van der Waals surface area contributed by atoms with Crippen LogP contribution in [0.3, 0.4) is 0 Å². The molecule has 0 saturated carbocycles. The summed E-state index contributed by atoms with van der Waals surface area (Å²) in [6.07, 6.45) is 0. The Bertz CT molecular complexity index is 307. The minimum Gasteiger partial charge on any atom is -0.347 e. The first kappa shape index (κ1) is 7.28. The Balaban J connectivity index is 3.46. The van der Waals surface area contributed by atoms with E-state index in [4.69, 9.17) is 11.6 Å². The van der Waals surface area contributed by atoms with Crippen LogP contribution in [-0.2, 0) is 0 Å². The van der Waals surface area contributed by atoms with Crippen molar-refractivity contribution < 1.29 is 4.39 Å². The Morgan fingerprint density at radius 2 is 2.30 bits per heavy atom. The van der Waals surface area contributed by atoms with Gasteiger partial charge >= 0.3 is 0 Å². The molecule has 1 aromatic rings. The molecule has 0 bridgehead atoms. The lowest BCUT2D eigenvalue weighted by atomic mass is 10.3. The van der Waals surface area contributed by atoms with E-state index in [0.29, 0.717) is 0 Å². The van der Waals surface area contributed by atoms with Crippen molar-refractivity contribution in [3.63, 3.8) is 0 Å². The number of rotatable bonds is 0. The molecular formula is C6H5ClFNO. The molecule has 0 radical (unpaired) electrons. The molecule has 0 atom stereocenters. The Labute approximate surface area is 61.6 Å². The van der Waals surface area contributed by atoms with Crippen molar-refractivity contribution in [2.75, 3.05) is 0 Å². The number of aromatic amines is 1. The van der Waals surface area contributed by atoms with E-state index in [2.05, 4.69) is 4.98 Å². The van der Waals surface area contributed by atoms with Gasteiger partial charge in [0.15, 0.2) is 5.82 Å². The first-order chi connectivity index (χ1) is 4.61. The number of aryl methyl sites for hydroxylation is 1. The van der Waals surface area contributed by atoms with Gasteiger partial charge in [0.1, 0.15) is 5.15 Å². The van der Waals surface area contributed by atoms with Crippen molar-refractivity contribution in [1.29, 1.82) is 0 Å². The van der Waals surface area contributed by atoms with Crippen LogP contribution >= 0.6 is 11.6 Å². The van der Waals surface area contributed by atoms with Gasteiger partial charge in [0.05, 0.1) is 5.69 Å². The molecule has 10 heavy (non-hydrogen) atoms. The van der Waals surface area contributed by atoms with Crippen LogP contribution < -0.4 is 5.43 Å². The van der Waals surface area contributed by atoms with Crippen LogP contribution in [0.15, 0.2) is 10.9 Å². The lowest BCUT2D eigenvalue weighted by Crippen LogP contribution is -2.08. The van der Waals surface area contributed by atoms with Crippen molar-refractivity contribution in [2.24, 2.45) is 0 Å². The molecule has 0 aliphatic heterocycles. The second-order valence-corrected chi connectivity index (χ2v) is 2.33. The molecule has 4 heteroatoms. The summed E-state index contributed by atoms with van der Waals surface area (Å²) in [5.74, 6) is -0.774. The summed E-state index contributed by atoms with van der Waals surface area (Å²) in [5.41, 5.74) is -0.515. The van der Waals surface area contributed by atoms with Gasteiger partial charge < -0.3 is 4.98 Å². The summed E-state index contributed by atoms with van der Waals surface area (Å²) >= 11 is 5.40. The summed E-state index contributed by atoms with van der Waals surface area (Å²) in [4.78, 5) is 13.1. The molecule has 0 aromatic carbocycles. The number of hydrogen-bond acceptors (Lipinski definition) is 1. The van der Waals surface area contributed by atoms with Gasteiger partial charge in [-0.3, -0.25) is 4.79 Å². The Morgan fingerprint density at radius 3 is 2.80 bits per heavy atom. The summed E-state index contributed by atoms with van der Waals surface area (Å²) in [6.45, 7) is 1.45. The van der Waals surface area contributed by atoms with Gasteiger partial charge in [-0.25, -0.2) is 4.39 Å². The van der Waals surface area contributed by atoms with Crippen molar-refractivity contribution in [1.82, 2.24) is 4.98 Å². The average Bonchev–Trinajstić information content (AvgIpc) is 1.82. The second-order valence-electron chi connectivity index (χ2n) is 1.92. The second kappa shape index (κ2) is 2.42. The molecule has 54 valence electrons. The number of aromatic nitrogens is 1. The van der Waals surface area contributed by atoms with E-state index in [-0.39, 0.29) is 10.8 Å². The van der Waals surface area contributed by atoms with Crippen LogP contribution in [0, 0.1) is 12.7 Å². The maximum Gasteiger partial charge on any atom is 0.218 e. The van der Waals surface area contributed by atoms with Crippen LogP contribution in [0.5, 0.6) is 0 Å². The highest BCUT2D eigenvalue weighted by Crippen LogP contribution is 2.03. The molecule has 1 heterocycles. The molecule has 0 unspecified atom stereocenters. The zero-order chi connectivity index (χ0) is 7.72. The lowest BCUT2D eigenvalue weighted by Gasteiger charge is -1.94. The van der Waals surface area contributed by atoms with Gasteiger partial charge in [-0.1, -0.05) is 11.6 Å². The third-order valence-electron chi connectivity index (χ3n) is 1.11. The number of H-pyrrole nitrogens is 1. The number of nitrogens with one attached hydrogen (secondary N) is 1. The highest BCUT2D eigenvalue weighted by molar-refractivity contribution is 6.29. The normalized spacial score (nSPS) is 9.90. The fraction of sp³-hybridized carbons (Fsp3) is 0.167. The highest BCUT2D eigenvalue weighted by Gasteiger charge is 2.02. The Morgan fingerprint density at radius 1 is 1.70 bits per heavy atom. The number of halogens is 2. The molecule has 1 N–H and O–H groups in total. The van der Waals surface area contributed by atoms with Crippen LogP contribution in [0.25, 0.3) is 0 Å². The van der Waals surface area contributed by atoms with Crippen LogP contribution in [0.4, 0.5) is 4.39 Å². The SMILES string of the molecule is Cc1[nH]c(Cl)cc(=O)c1F. The predicted octanol–water partition coefficient (Wildman–Crippen LogP) is 1.48. The minimum absolute atomic E-state index is 0.156. The first-order valence-corrected chi connectivity index (χ1v) is 3.04. The minimum atomic E-state index is -0.774. The van der Waals surface area contributed by atoms with Gasteiger partial charge in [0, 0.05) is 6.07 Å². The fourth-order valence-corrected chi connectivity index (χ4v) is 0.874. The molecule has 0 amide bonds. The zero-order valence-electron chi connectivity index (χ0n) is 5.24. The van der Waals surface area contributed by atoms with Gasteiger partial charge in [0.2, 0.25) is 5.43 Å². The van der Waals surface area contributed by atoms with Crippen molar-refractivity contribution >= 4 is 11.6 Å². The summed E-state index contributed by atoms with van der Waals surface area (Å²) in [5, 5.41) is 0.156. The molecule has 0 aliphatic rings. The van der Waals surface area contributed by atoms with Gasteiger partial charge in [-0.2, -0.15) is 0 Å². The molecule has 2 nitrogen and oxygen atoms in total. The quantitative estimate of drug-likeness (QED) is 0.575. The number of pyridine rings is 1. The largest absolute Gasteiger partial charge is 0.347 e. The highest BCUT2D eigenvalue weighted by atomic mass is 35.5. The van der Waals surface area contributed by atoms with E-state index < -0.39 is 11.2 Å². The molecule has 0 aliphatic carbocycles. The standard InChI is InChI=1S/C6H5ClFNO/c1-3-6(8)4(10)2-5(7)9-3/h2H,1H3,(H,9,10). The lowest BCUT2D eigenvalue weighted by molar-refractivity contribution is 0.599. The van der Waals surface area contributed by atoms with Gasteiger partial charge in [0.25, 0.3) is 0 Å². The maximum absolute atomic E-state index is 12.5. The van der Waals surface area contributed by atoms with E-state index in [1.165, 1.54) is 6.92 Å². The molecule has 1 rings (SSSR count). The number of hydrogen-bond donors (Lipinski definition) is 1. The molecule has 0 fully saturated rings. The van der Waals surface area contributed by atoms with Gasteiger partial charge in [-0.05, 0) is 6.92 Å². The predicted molar refractivity (Wildman–Crippen MR) is 36.8 cm³/mol. The van der Waals surface area contributed by atoms with Crippen molar-refractivity contribution in [2.45, 2.75) is 6.92 Å². The zero-order valence-corrected chi connectivity index (χ0v) is 6.00. The fourth-order valence-electron chi connectivity index (χ4n) is 0.633. The first-order valence-electron chi connectivity index (χ1n) is 2.66. The third kappa shape index (κ3) is 1.19. The maximum atomic E-state index is 12.5. The third-order valence-corrected chi connectivity index (χ3v) is 1.31. The van der Waals surface area contributed by atoms with E-state index in [9.17, 15) is 9.18 Å². The molecule has 1 aromatic heterocycles. The van der Waals surface area contributed by atoms with E-state index in [0.717, 1.165) is 6.07 Å². The van der Waals surface area contributed by atoms with Crippen LogP contribution in [0.2, 0.25) is 5.15 Å².